The molecule has 0 aliphatic carbocycles. The van der Waals surface area contributed by atoms with Gasteiger partial charge in [-0.05, 0) is 29.8 Å². The molecule has 0 amide bonds. The van der Waals surface area contributed by atoms with Gasteiger partial charge in [0.25, 0.3) is 0 Å². The van der Waals surface area contributed by atoms with Gasteiger partial charge in [0.05, 0.1) is 22.6 Å². The van der Waals surface area contributed by atoms with Crippen molar-refractivity contribution in [3.63, 3.8) is 0 Å². The third-order valence-corrected chi connectivity index (χ3v) is 3.83. The molecule has 0 aliphatic rings. The zero-order valence-electron chi connectivity index (χ0n) is 9.98. The molecule has 0 bridgehead atoms. The van der Waals surface area contributed by atoms with E-state index < -0.39 is 0 Å². The first-order valence-electron chi connectivity index (χ1n) is 5.80. The van der Waals surface area contributed by atoms with Crippen molar-refractivity contribution in [3.8, 4) is 0 Å². The monoisotopic (exact) mass is 335 g/mol. The molecule has 1 aromatic heterocycles. The first-order chi connectivity index (χ1) is 9.15. The van der Waals surface area contributed by atoms with Crippen LogP contribution in [-0.4, -0.2) is 9.55 Å². The molecule has 0 atom stereocenters. The fraction of sp³-hybridized carbons (Fsp3) is 0.0714. The first-order valence-corrected chi connectivity index (χ1v) is 6.97. The highest BCUT2D eigenvalue weighted by molar-refractivity contribution is 9.10. The van der Waals surface area contributed by atoms with Crippen LogP contribution in [0.15, 0.2) is 46.9 Å². The van der Waals surface area contributed by atoms with E-state index in [1.165, 1.54) is 0 Å². The molecule has 3 aromatic rings. The number of hydrogen-bond donors (Lipinski definition) is 1. The third-order valence-electron chi connectivity index (χ3n) is 3.00. The van der Waals surface area contributed by atoms with Crippen LogP contribution >= 0.6 is 27.5 Å². The lowest BCUT2D eigenvalue weighted by molar-refractivity contribution is 0.838. The van der Waals surface area contributed by atoms with Crippen LogP contribution in [0.3, 0.4) is 0 Å². The maximum absolute atomic E-state index is 6.24. The lowest BCUT2D eigenvalue weighted by atomic mass is 10.2. The van der Waals surface area contributed by atoms with Crippen molar-refractivity contribution in [2.75, 3.05) is 5.73 Å². The third kappa shape index (κ3) is 2.33. The molecule has 2 aromatic carbocycles. The molecule has 0 saturated carbocycles. The summed E-state index contributed by atoms with van der Waals surface area (Å²) in [7, 11) is 0. The lowest BCUT2D eigenvalue weighted by Gasteiger charge is -2.07. The number of imidazole rings is 1. The number of anilines is 1. The summed E-state index contributed by atoms with van der Waals surface area (Å²) < 4.78 is 2.98. The minimum atomic E-state index is 0.478. The number of hydrogen-bond acceptors (Lipinski definition) is 2. The van der Waals surface area contributed by atoms with Crippen LogP contribution < -0.4 is 5.73 Å². The van der Waals surface area contributed by atoms with Gasteiger partial charge in [-0.1, -0.05) is 45.7 Å². The number of nitrogen functional groups attached to an aromatic ring is 1. The Morgan fingerprint density at radius 1 is 1.16 bits per heavy atom. The highest BCUT2D eigenvalue weighted by atomic mass is 79.9. The van der Waals surface area contributed by atoms with Crippen molar-refractivity contribution in [2.45, 2.75) is 6.54 Å². The number of aromatic nitrogens is 2. The van der Waals surface area contributed by atoms with E-state index in [1.54, 1.807) is 0 Å². The minimum Gasteiger partial charge on any atom is -0.369 e. The predicted molar refractivity (Wildman–Crippen MR) is 82.4 cm³/mol. The summed E-state index contributed by atoms with van der Waals surface area (Å²) >= 11 is 9.67. The maximum Gasteiger partial charge on any atom is 0.201 e. The van der Waals surface area contributed by atoms with Crippen molar-refractivity contribution in [1.82, 2.24) is 9.55 Å². The molecule has 3 rings (SSSR count). The standard InChI is InChI=1S/C14H11BrClN3/c15-10-6-4-9(5-7-10)8-19-13-11(16)2-1-3-12(13)18-14(19)17/h1-7H,8H2,(H2,17,18). The number of halogens is 2. The van der Waals surface area contributed by atoms with Gasteiger partial charge in [0.15, 0.2) is 0 Å². The Kier molecular flexibility index (Phi) is 3.21. The van der Waals surface area contributed by atoms with Crippen molar-refractivity contribution in [1.29, 1.82) is 0 Å². The summed E-state index contributed by atoms with van der Waals surface area (Å²) in [6.07, 6.45) is 0. The highest BCUT2D eigenvalue weighted by Gasteiger charge is 2.11. The fourth-order valence-electron chi connectivity index (χ4n) is 2.09. The molecule has 0 radical (unpaired) electrons. The largest absolute Gasteiger partial charge is 0.369 e. The van der Waals surface area contributed by atoms with Gasteiger partial charge in [0.1, 0.15) is 0 Å². The smallest absolute Gasteiger partial charge is 0.201 e. The Balaban J connectivity index is 2.09. The summed E-state index contributed by atoms with van der Waals surface area (Å²) in [5.41, 5.74) is 8.83. The van der Waals surface area contributed by atoms with E-state index >= 15 is 0 Å². The van der Waals surface area contributed by atoms with Crippen LogP contribution in [0.25, 0.3) is 11.0 Å². The van der Waals surface area contributed by atoms with Crippen LogP contribution in [0.5, 0.6) is 0 Å². The molecule has 2 N–H and O–H groups in total. The number of para-hydroxylation sites is 1. The van der Waals surface area contributed by atoms with Crippen molar-refractivity contribution in [2.24, 2.45) is 0 Å². The molecule has 0 saturated heterocycles. The second-order valence-electron chi connectivity index (χ2n) is 4.29. The van der Waals surface area contributed by atoms with Gasteiger partial charge in [0.2, 0.25) is 5.95 Å². The summed E-state index contributed by atoms with van der Waals surface area (Å²) in [6, 6.07) is 13.7. The Morgan fingerprint density at radius 3 is 2.63 bits per heavy atom. The zero-order chi connectivity index (χ0) is 13.4. The van der Waals surface area contributed by atoms with Gasteiger partial charge in [-0.3, -0.25) is 0 Å². The van der Waals surface area contributed by atoms with Crippen LogP contribution in [0.4, 0.5) is 5.95 Å². The van der Waals surface area contributed by atoms with Crippen LogP contribution in [0.2, 0.25) is 5.02 Å². The average molecular weight is 337 g/mol. The second kappa shape index (κ2) is 4.87. The van der Waals surface area contributed by atoms with E-state index in [0.717, 1.165) is 21.1 Å². The SMILES string of the molecule is Nc1nc2cccc(Cl)c2n1Cc1ccc(Br)cc1. The molecule has 96 valence electrons. The fourth-order valence-corrected chi connectivity index (χ4v) is 2.63. The number of nitrogens with zero attached hydrogens (tertiary/aromatic N) is 2. The van der Waals surface area contributed by atoms with Gasteiger partial charge in [-0.2, -0.15) is 0 Å². The summed E-state index contributed by atoms with van der Waals surface area (Å²) in [5, 5.41) is 0.666. The molecular weight excluding hydrogens is 326 g/mol. The number of rotatable bonds is 2. The quantitative estimate of drug-likeness (QED) is 0.766. The number of nitrogens with two attached hydrogens (primary N) is 1. The van der Waals surface area contributed by atoms with Crippen molar-refractivity contribution in [3.05, 3.63) is 57.5 Å². The summed E-state index contributed by atoms with van der Waals surface area (Å²) in [4.78, 5) is 4.33. The van der Waals surface area contributed by atoms with Crippen LogP contribution in [0, 0.1) is 0 Å². The molecule has 3 nitrogen and oxygen atoms in total. The van der Waals surface area contributed by atoms with E-state index in [2.05, 4.69) is 20.9 Å². The maximum atomic E-state index is 6.24. The second-order valence-corrected chi connectivity index (χ2v) is 5.61. The normalized spacial score (nSPS) is 11.1. The van der Waals surface area contributed by atoms with Gasteiger partial charge >= 0.3 is 0 Å². The number of benzene rings is 2. The predicted octanol–water partition coefficient (Wildman–Crippen LogP) is 4.08. The van der Waals surface area contributed by atoms with Gasteiger partial charge in [-0.15, -0.1) is 0 Å². The molecule has 1 heterocycles. The Bertz CT molecular complexity index is 734. The molecule has 0 spiro atoms. The van der Waals surface area contributed by atoms with Gasteiger partial charge in [0, 0.05) is 4.47 Å². The van der Waals surface area contributed by atoms with Gasteiger partial charge in [-0.25, -0.2) is 4.98 Å². The lowest BCUT2D eigenvalue weighted by Crippen LogP contribution is -2.04. The van der Waals surface area contributed by atoms with E-state index in [0.29, 0.717) is 17.5 Å². The van der Waals surface area contributed by atoms with E-state index in [4.69, 9.17) is 17.3 Å². The molecule has 0 fully saturated rings. The zero-order valence-corrected chi connectivity index (χ0v) is 12.3. The molecule has 5 heteroatoms. The number of fused-ring (bicyclic) bond motifs is 1. The van der Waals surface area contributed by atoms with E-state index in [1.807, 2.05) is 47.0 Å². The van der Waals surface area contributed by atoms with Crippen LogP contribution in [0.1, 0.15) is 5.56 Å². The topological polar surface area (TPSA) is 43.8 Å². The first kappa shape index (κ1) is 12.5. The van der Waals surface area contributed by atoms with Gasteiger partial charge < -0.3 is 10.3 Å². The molecular formula is C14H11BrClN3. The Labute approximate surface area is 124 Å². The molecule has 0 unspecified atom stereocenters. The Morgan fingerprint density at radius 2 is 1.89 bits per heavy atom. The summed E-state index contributed by atoms with van der Waals surface area (Å²) in [5.74, 6) is 0.478. The molecule has 19 heavy (non-hydrogen) atoms. The van der Waals surface area contributed by atoms with Crippen molar-refractivity contribution >= 4 is 44.5 Å². The summed E-state index contributed by atoms with van der Waals surface area (Å²) in [6.45, 7) is 0.652. The van der Waals surface area contributed by atoms with Crippen LogP contribution in [-0.2, 0) is 6.54 Å². The Hall–Kier alpha value is -1.52. The van der Waals surface area contributed by atoms with E-state index in [9.17, 15) is 0 Å². The average Bonchev–Trinajstić information content (AvgIpc) is 2.70. The highest BCUT2D eigenvalue weighted by Crippen LogP contribution is 2.26. The van der Waals surface area contributed by atoms with E-state index in [-0.39, 0.29) is 0 Å². The minimum absolute atomic E-state index is 0.478. The molecule has 0 aliphatic heterocycles. The van der Waals surface area contributed by atoms with Crippen molar-refractivity contribution < 1.29 is 0 Å².